The quantitative estimate of drug-likeness (QED) is 0.412. The number of aliphatic imine (C=N–C) groups is 1. The zero-order chi connectivity index (χ0) is 20.1. The van der Waals surface area contributed by atoms with Gasteiger partial charge in [-0.3, -0.25) is 0 Å². The number of nitrogens with zero attached hydrogens (tertiary/aromatic N) is 2. The van der Waals surface area contributed by atoms with E-state index in [9.17, 15) is 13.6 Å². The van der Waals surface area contributed by atoms with Gasteiger partial charge < -0.3 is 9.64 Å². The van der Waals surface area contributed by atoms with Crippen LogP contribution in [-0.2, 0) is 11.3 Å². The van der Waals surface area contributed by atoms with E-state index in [2.05, 4.69) is 4.99 Å². The highest BCUT2D eigenvalue weighted by atomic mass is 19.2. The van der Waals surface area contributed by atoms with Crippen molar-refractivity contribution in [3.05, 3.63) is 63.7 Å². The number of halogens is 2. The molecule has 0 amide bonds. The molecule has 2 aromatic rings. The van der Waals surface area contributed by atoms with Crippen LogP contribution in [0.2, 0.25) is 0 Å². The van der Waals surface area contributed by atoms with Gasteiger partial charge in [0.1, 0.15) is 6.61 Å². The van der Waals surface area contributed by atoms with Crippen molar-refractivity contribution in [1.29, 1.82) is 0 Å². The zero-order valence-corrected chi connectivity index (χ0v) is 16.3. The van der Waals surface area contributed by atoms with Crippen molar-refractivity contribution in [1.82, 2.24) is 4.90 Å². The van der Waals surface area contributed by atoms with Crippen LogP contribution in [0.25, 0.3) is 0 Å². The number of hydrogen-bond acceptors (Lipinski definition) is 3. The lowest BCUT2D eigenvalue weighted by atomic mass is 10.0. The van der Waals surface area contributed by atoms with Gasteiger partial charge in [-0.25, -0.2) is 18.6 Å². The number of ether oxygens (including phenoxy) is 1. The molecule has 0 fully saturated rings. The van der Waals surface area contributed by atoms with Crippen molar-refractivity contribution in [3.8, 4) is 0 Å². The zero-order valence-electron chi connectivity index (χ0n) is 16.3. The van der Waals surface area contributed by atoms with Gasteiger partial charge in [0.25, 0.3) is 0 Å². The first-order valence-electron chi connectivity index (χ1n) is 8.70. The molecule has 0 spiro atoms. The molecule has 0 bridgehead atoms. The average Bonchev–Trinajstić information content (AvgIpc) is 2.65. The lowest BCUT2D eigenvalue weighted by molar-refractivity contribution is 0.0467. The van der Waals surface area contributed by atoms with Crippen LogP contribution in [0.1, 0.15) is 39.5 Å². The molecule has 4 nitrogen and oxygen atoms in total. The molecule has 0 radical (unpaired) electrons. The van der Waals surface area contributed by atoms with Gasteiger partial charge >= 0.3 is 5.97 Å². The van der Waals surface area contributed by atoms with Crippen LogP contribution in [0, 0.1) is 32.4 Å². The maximum absolute atomic E-state index is 13.9. The standard InChI is InChI=1S/C21H24F2N2O2/c1-6-25(5)12-24-18-10-14(3)17(9-15(18)4)21(26)27-11-16-8-7-13(2)19(22)20(16)23/h7-10,12H,6,11H2,1-5H3/b24-12+. The van der Waals surface area contributed by atoms with Crippen molar-refractivity contribution in [2.45, 2.75) is 34.3 Å². The number of benzene rings is 2. The summed E-state index contributed by atoms with van der Waals surface area (Å²) >= 11 is 0. The Morgan fingerprint density at radius 1 is 1.11 bits per heavy atom. The SMILES string of the molecule is CCN(C)/C=N/c1cc(C)c(C(=O)OCc2ccc(C)c(F)c2F)cc1C. The van der Waals surface area contributed by atoms with Gasteiger partial charge in [-0.05, 0) is 56.5 Å². The van der Waals surface area contributed by atoms with E-state index in [-0.39, 0.29) is 17.7 Å². The summed E-state index contributed by atoms with van der Waals surface area (Å²) in [5, 5.41) is 0. The molecule has 144 valence electrons. The Morgan fingerprint density at radius 3 is 2.48 bits per heavy atom. The van der Waals surface area contributed by atoms with Gasteiger partial charge in [-0.1, -0.05) is 12.1 Å². The summed E-state index contributed by atoms with van der Waals surface area (Å²) in [6.45, 7) is 7.63. The van der Waals surface area contributed by atoms with E-state index in [1.165, 1.54) is 19.1 Å². The summed E-state index contributed by atoms with van der Waals surface area (Å²) in [6, 6.07) is 6.37. The number of esters is 1. The molecule has 27 heavy (non-hydrogen) atoms. The molecule has 0 aliphatic rings. The second kappa shape index (κ2) is 8.75. The maximum Gasteiger partial charge on any atom is 0.338 e. The van der Waals surface area contributed by atoms with Crippen molar-refractivity contribution in [2.24, 2.45) is 4.99 Å². The first-order valence-corrected chi connectivity index (χ1v) is 8.70. The fourth-order valence-corrected chi connectivity index (χ4v) is 2.42. The van der Waals surface area contributed by atoms with E-state index in [0.717, 1.165) is 17.8 Å². The third-order valence-electron chi connectivity index (χ3n) is 4.37. The first-order chi connectivity index (χ1) is 12.7. The topological polar surface area (TPSA) is 41.9 Å². The maximum atomic E-state index is 13.9. The lowest BCUT2D eigenvalue weighted by Gasteiger charge is -2.12. The van der Waals surface area contributed by atoms with Crippen LogP contribution in [-0.4, -0.2) is 30.8 Å². The normalized spacial score (nSPS) is 11.1. The minimum Gasteiger partial charge on any atom is -0.457 e. The van der Waals surface area contributed by atoms with Gasteiger partial charge in [-0.2, -0.15) is 0 Å². The van der Waals surface area contributed by atoms with E-state index in [1.54, 1.807) is 25.4 Å². The van der Waals surface area contributed by atoms with Gasteiger partial charge in [-0.15, -0.1) is 0 Å². The van der Waals surface area contributed by atoms with Gasteiger partial charge in [0, 0.05) is 19.2 Å². The molecule has 2 rings (SSSR count). The molecule has 0 unspecified atom stereocenters. The molecule has 0 saturated carbocycles. The summed E-state index contributed by atoms with van der Waals surface area (Å²) in [6.07, 6.45) is 1.73. The lowest BCUT2D eigenvalue weighted by Crippen LogP contribution is -2.14. The van der Waals surface area contributed by atoms with Crippen LogP contribution in [0.4, 0.5) is 14.5 Å². The van der Waals surface area contributed by atoms with Crippen molar-refractivity contribution in [3.63, 3.8) is 0 Å². The minimum absolute atomic E-state index is 0.00430. The largest absolute Gasteiger partial charge is 0.457 e. The van der Waals surface area contributed by atoms with Crippen molar-refractivity contribution in [2.75, 3.05) is 13.6 Å². The van der Waals surface area contributed by atoms with E-state index in [4.69, 9.17) is 4.74 Å². The Balaban J connectivity index is 2.16. The van der Waals surface area contributed by atoms with Crippen LogP contribution < -0.4 is 0 Å². The highest BCUT2D eigenvalue weighted by Gasteiger charge is 2.16. The van der Waals surface area contributed by atoms with Crippen LogP contribution in [0.5, 0.6) is 0 Å². The van der Waals surface area contributed by atoms with Gasteiger partial charge in [0.15, 0.2) is 11.6 Å². The Kier molecular flexibility index (Phi) is 6.66. The van der Waals surface area contributed by atoms with Gasteiger partial charge in [0.05, 0.1) is 17.6 Å². The molecule has 0 saturated heterocycles. The molecule has 6 heteroatoms. The van der Waals surface area contributed by atoms with Crippen molar-refractivity contribution < 1.29 is 18.3 Å². The minimum atomic E-state index is -0.986. The predicted octanol–water partition coefficient (Wildman–Crippen LogP) is 4.86. The summed E-state index contributed by atoms with van der Waals surface area (Å²) in [5.41, 5.74) is 2.87. The summed E-state index contributed by atoms with van der Waals surface area (Å²) in [4.78, 5) is 18.7. The fourth-order valence-electron chi connectivity index (χ4n) is 2.42. The number of carbonyl (C=O) groups excluding carboxylic acids is 1. The molecular formula is C21H24F2N2O2. The molecular weight excluding hydrogens is 350 g/mol. The Hall–Kier alpha value is -2.76. The molecule has 0 heterocycles. The van der Waals surface area contributed by atoms with Gasteiger partial charge in [0.2, 0.25) is 0 Å². The fraction of sp³-hybridized carbons (Fsp3) is 0.333. The molecule has 0 N–H and O–H groups in total. The third-order valence-corrected chi connectivity index (χ3v) is 4.37. The molecule has 0 aromatic heterocycles. The van der Waals surface area contributed by atoms with Crippen LogP contribution in [0.3, 0.4) is 0 Å². The van der Waals surface area contributed by atoms with E-state index < -0.39 is 17.6 Å². The highest BCUT2D eigenvalue weighted by molar-refractivity contribution is 5.92. The monoisotopic (exact) mass is 374 g/mol. The second-order valence-corrected chi connectivity index (χ2v) is 6.52. The molecule has 0 atom stereocenters. The summed E-state index contributed by atoms with van der Waals surface area (Å²) in [5.74, 6) is -2.49. The number of carbonyl (C=O) groups is 1. The predicted molar refractivity (Wildman–Crippen MR) is 103 cm³/mol. The molecule has 2 aromatic carbocycles. The number of rotatable bonds is 6. The second-order valence-electron chi connectivity index (χ2n) is 6.52. The summed E-state index contributed by atoms with van der Waals surface area (Å²) < 4.78 is 32.7. The number of hydrogen-bond donors (Lipinski definition) is 0. The molecule has 0 aliphatic carbocycles. The molecule has 0 aliphatic heterocycles. The van der Waals surface area contributed by atoms with E-state index in [1.807, 2.05) is 25.8 Å². The highest BCUT2D eigenvalue weighted by Crippen LogP contribution is 2.24. The van der Waals surface area contributed by atoms with E-state index in [0.29, 0.717) is 11.1 Å². The van der Waals surface area contributed by atoms with Crippen LogP contribution in [0.15, 0.2) is 29.3 Å². The Bertz CT molecular complexity index is 879. The smallest absolute Gasteiger partial charge is 0.338 e. The average molecular weight is 374 g/mol. The van der Waals surface area contributed by atoms with Crippen molar-refractivity contribution >= 4 is 18.0 Å². The number of aryl methyl sites for hydroxylation is 3. The van der Waals surface area contributed by atoms with Crippen LogP contribution >= 0.6 is 0 Å². The summed E-state index contributed by atoms with van der Waals surface area (Å²) in [7, 11) is 1.92. The van der Waals surface area contributed by atoms with E-state index >= 15 is 0 Å². The Morgan fingerprint density at radius 2 is 1.81 bits per heavy atom. The first kappa shape index (κ1) is 20.6. The Labute approximate surface area is 158 Å². The third kappa shape index (κ3) is 4.90.